The molecule has 0 saturated heterocycles. The molecule has 0 amide bonds. The minimum Gasteiger partial charge on any atom is -0.372 e. The summed E-state index contributed by atoms with van der Waals surface area (Å²) in [5, 5.41) is 0. The van der Waals surface area contributed by atoms with Crippen LogP contribution in [-0.2, 0) is 0 Å². The summed E-state index contributed by atoms with van der Waals surface area (Å²) in [6.07, 6.45) is 2.42. The van der Waals surface area contributed by atoms with Crippen LogP contribution < -0.4 is 0 Å². The molecule has 0 aromatic carbocycles. The molecular formula is C8H17NS. The molecule has 0 rings (SSSR count). The van der Waals surface area contributed by atoms with E-state index in [9.17, 15) is 0 Å². The minimum atomic E-state index is 0.565. The predicted octanol–water partition coefficient (Wildman–Crippen LogP) is 2.31. The van der Waals surface area contributed by atoms with E-state index in [0.717, 1.165) is 4.99 Å². The first-order valence-corrected chi connectivity index (χ1v) is 4.21. The monoisotopic (exact) mass is 159 g/mol. The molecule has 1 unspecified atom stereocenters. The van der Waals surface area contributed by atoms with Gasteiger partial charge in [-0.2, -0.15) is 0 Å². The molecule has 0 aromatic rings. The molecule has 0 aliphatic carbocycles. The van der Waals surface area contributed by atoms with E-state index >= 15 is 0 Å². The van der Waals surface area contributed by atoms with Crippen LogP contribution in [0.25, 0.3) is 0 Å². The average molecular weight is 159 g/mol. The lowest BCUT2D eigenvalue weighted by molar-refractivity contribution is 0.552. The van der Waals surface area contributed by atoms with Crippen molar-refractivity contribution in [2.24, 2.45) is 5.92 Å². The lowest BCUT2D eigenvalue weighted by atomic mass is 10.1. The Hall–Kier alpha value is -0.110. The summed E-state index contributed by atoms with van der Waals surface area (Å²) >= 11 is 5.19. The van der Waals surface area contributed by atoms with Gasteiger partial charge in [-0.1, -0.05) is 32.5 Å². The highest BCUT2D eigenvalue weighted by molar-refractivity contribution is 7.80. The normalized spacial score (nSPS) is 12.8. The summed E-state index contributed by atoms with van der Waals surface area (Å²) in [6, 6.07) is 0. The molecule has 0 heterocycles. The van der Waals surface area contributed by atoms with Gasteiger partial charge in [0.05, 0.1) is 4.99 Å². The zero-order valence-electron chi connectivity index (χ0n) is 7.35. The molecule has 0 spiro atoms. The van der Waals surface area contributed by atoms with E-state index in [4.69, 9.17) is 12.2 Å². The first-order valence-electron chi connectivity index (χ1n) is 3.80. The van der Waals surface area contributed by atoms with Crippen LogP contribution in [0.5, 0.6) is 0 Å². The zero-order valence-corrected chi connectivity index (χ0v) is 8.16. The number of hydrogen-bond acceptors (Lipinski definition) is 1. The number of thiocarbonyl (C=S) groups is 1. The lowest BCUT2D eigenvalue weighted by Crippen LogP contribution is -2.25. The van der Waals surface area contributed by atoms with Gasteiger partial charge in [-0.05, 0) is 6.42 Å². The maximum atomic E-state index is 5.19. The fourth-order valence-electron chi connectivity index (χ4n) is 0.997. The summed E-state index contributed by atoms with van der Waals surface area (Å²) in [6.45, 7) is 4.38. The Morgan fingerprint density at radius 3 is 2.30 bits per heavy atom. The van der Waals surface area contributed by atoms with Gasteiger partial charge in [-0.15, -0.1) is 0 Å². The molecule has 0 N–H and O–H groups in total. The van der Waals surface area contributed by atoms with Gasteiger partial charge >= 0.3 is 0 Å². The highest BCUT2D eigenvalue weighted by atomic mass is 32.1. The molecule has 0 aliphatic heterocycles. The van der Waals surface area contributed by atoms with Crippen molar-refractivity contribution in [2.75, 3.05) is 14.1 Å². The Labute approximate surface area is 69.4 Å². The van der Waals surface area contributed by atoms with Crippen LogP contribution in [0.2, 0.25) is 0 Å². The number of nitrogens with zero attached hydrogens (tertiary/aromatic N) is 1. The Bertz CT molecular complexity index is 110. The van der Waals surface area contributed by atoms with Crippen LogP contribution in [0, 0.1) is 5.92 Å². The van der Waals surface area contributed by atoms with Crippen molar-refractivity contribution in [2.45, 2.75) is 26.7 Å². The van der Waals surface area contributed by atoms with Crippen molar-refractivity contribution in [3.8, 4) is 0 Å². The second-order valence-corrected chi connectivity index (χ2v) is 3.34. The Kier molecular flexibility index (Phi) is 4.62. The number of hydrogen-bond donors (Lipinski definition) is 0. The fourth-order valence-corrected chi connectivity index (χ4v) is 1.12. The molecule has 0 radical (unpaired) electrons. The van der Waals surface area contributed by atoms with Crippen molar-refractivity contribution in [3.63, 3.8) is 0 Å². The van der Waals surface area contributed by atoms with E-state index in [0.29, 0.717) is 5.92 Å². The van der Waals surface area contributed by atoms with E-state index in [1.807, 2.05) is 19.0 Å². The van der Waals surface area contributed by atoms with Crippen LogP contribution in [-0.4, -0.2) is 24.0 Å². The van der Waals surface area contributed by atoms with Gasteiger partial charge < -0.3 is 4.90 Å². The second-order valence-electron chi connectivity index (χ2n) is 2.92. The summed E-state index contributed by atoms with van der Waals surface area (Å²) in [4.78, 5) is 3.09. The van der Waals surface area contributed by atoms with Gasteiger partial charge in [-0.3, -0.25) is 0 Å². The van der Waals surface area contributed by atoms with Crippen molar-refractivity contribution >= 4 is 17.2 Å². The van der Waals surface area contributed by atoms with E-state index in [2.05, 4.69) is 13.8 Å². The Morgan fingerprint density at radius 2 is 2.00 bits per heavy atom. The van der Waals surface area contributed by atoms with Crippen LogP contribution in [0.1, 0.15) is 26.7 Å². The fraction of sp³-hybridized carbons (Fsp3) is 0.875. The molecule has 60 valence electrons. The maximum Gasteiger partial charge on any atom is 0.0802 e. The number of rotatable bonds is 3. The Balaban J connectivity index is 3.71. The van der Waals surface area contributed by atoms with Gasteiger partial charge in [0.1, 0.15) is 0 Å². The smallest absolute Gasteiger partial charge is 0.0802 e. The van der Waals surface area contributed by atoms with Crippen molar-refractivity contribution in [1.29, 1.82) is 0 Å². The highest BCUT2D eigenvalue weighted by Gasteiger charge is 2.07. The SMILES string of the molecule is CCCC(C)C(=S)N(C)C. The van der Waals surface area contributed by atoms with Gasteiger partial charge in [0.2, 0.25) is 0 Å². The largest absolute Gasteiger partial charge is 0.372 e. The van der Waals surface area contributed by atoms with Gasteiger partial charge in [0.25, 0.3) is 0 Å². The van der Waals surface area contributed by atoms with E-state index in [1.165, 1.54) is 12.8 Å². The molecule has 1 atom stereocenters. The van der Waals surface area contributed by atoms with E-state index in [1.54, 1.807) is 0 Å². The molecule has 10 heavy (non-hydrogen) atoms. The summed E-state index contributed by atoms with van der Waals surface area (Å²) in [5.74, 6) is 0.565. The third kappa shape index (κ3) is 3.16. The molecule has 0 bridgehead atoms. The Morgan fingerprint density at radius 1 is 1.50 bits per heavy atom. The third-order valence-corrected chi connectivity index (χ3v) is 2.35. The molecule has 0 aromatic heterocycles. The van der Waals surface area contributed by atoms with Crippen molar-refractivity contribution < 1.29 is 0 Å². The van der Waals surface area contributed by atoms with Crippen LogP contribution in [0.4, 0.5) is 0 Å². The minimum absolute atomic E-state index is 0.565. The first kappa shape index (κ1) is 9.89. The third-order valence-electron chi connectivity index (χ3n) is 1.58. The average Bonchev–Trinajstić information content (AvgIpc) is 1.87. The topological polar surface area (TPSA) is 3.24 Å². The van der Waals surface area contributed by atoms with E-state index < -0.39 is 0 Å². The molecule has 0 fully saturated rings. The predicted molar refractivity (Wildman–Crippen MR) is 50.4 cm³/mol. The molecular weight excluding hydrogens is 142 g/mol. The maximum absolute atomic E-state index is 5.19. The standard InChI is InChI=1S/C8H17NS/c1-5-6-7(2)8(10)9(3)4/h7H,5-6H2,1-4H3. The lowest BCUT2D eigenvalue weighted by Gasteiger charge is -2.19. The van der Waals surface area contributed by atoms with Gasteiger partial charge in [-0.25, -0.2) is 0 Å². The summed E-state index contributed by atoms with van der Waals surface area (Å²) in [7, 11) is 4.02. The van der Waals surface area contributed by atoms with Crippen LogP contribution in [0.15, 0.2) is 0 Å². The molecule has 2 heteroatoms. The van der Waals surface area contributed by atoms with Crippen LogP contribution in [0.3, 0.4) is 0 Å². The molecule has 0 saturated carbocycles. The molecule has 0 aliphatic rings. The van der Waals surface area contributed by atoms with Crippen molar-refractivity contribution in [3.05, 3.63) is 0 Å². The second kappa shape index (κ2) is 4.67. The van der Waals surface area contributed by atoms with Crippen LogP contribution >= 0.6 is 12.2 Å². The summed E-state index contributed by atoms with van der Waals surface area (Å²) < 4.78 is 0. The first-order chi connectivity index (χ1) is 4.59. The molecule has 1 nitrogen and oxygen atoms in total. The van der Waals surface area contributed by atoms with Gasteiger partial charge in [0.15, 0.2) is 0 Å². The van der Waals surface area contributed by atoms with Gasteiger partial charge in [0, 0.05) is 20.0 Å². The van der Waals surface area contributed by atoms with Crippen molar-refractivity contribution in [1.82, 2.24) is 4.90 Å². The quantitative estimate of drug-likeness (QED) is 0.581. The zero-order chi connectivity index (χ0) is 8.15. The highest BCUT2D eigenvalue weighted by Crippen LogP contribution is 2.08. The summed E-state index contributed by atoms with van der Waals surface area (Å²) in [5.41, 5.74) is 0. The van der Waals surface area contributed by atoms with E-state index in [-0.39, 0.29) is 0 Å².